The van der Waals surface area contributed by atoms with Crippen LogP contribution in [0.2, 0.25) is 0 Å². The average Bonchev–Trinajstić information content (AvgIpc) is 3.00. The van der Waals surface area contributed by atoms with E-state index in [0.29, 0.717) is 5.56 Å². The number of ether oxygens (including phenoxy) is 3. The lowest BCUT2D eigenvalue weighted by Crippen LogP contribution is -2.47. The average molecular weight is 449 g/mol. The Labute approximate surface area is 188 Å². The minimum Gasteiger partial charge on any atom is -0.467 e. The summed E-state index contributed by atoms with van der Waals surface area (Å²) >= 11 is 0. The van der Waals surface area contributed by atoms with Crippen molar-refractivity contribution in [3.8, 4) is 0 Å². The maximum atomic E-state index is 13.4. The van der Waals surface area contributed by atoms with Gasteiger partial charge in [-0.25, -0.2) is 19.3 Å². The Kier molecular flexibility index (Phi) is 7.54. The smallest absolute Gasteiger partial charge is 0.417 e. The van der Waals surface area contributed by atoms with E-state index < -0.39 is 53.3 Å². The minimum atomic E-state index is -1.17. The van der Waals surface area contributed by atoms with Gasteiger partial charge in [0.05, 0.1) is 19.1 Å². The number of methoxy groups -OCH3 is 1. The Balaban J connectivity index is 2.41. The summed E-state index contributed by atoms with van der Waals surface area (Å²) in [6.07, 6.45) is -1.70. The number of nitrogens with one attached hydrogen (secondary N) is 1. The highest BCUT2D eigenvalue weighted by atomic mass is 16.6. The quantitative estimate of drug-likeness (QED) is 0.553. The molecular weight excluding hydrogens is 416 g/mol. The number of hydrogen-bond acceptors (Lipinski definition) is 7. The predicted molar refractivity (Wildman–Crippen MR) is 116 cm³/mol. The second kappa shape index (κ2) is 9.58. The van der Waals surface area contributed by atoms with Crippen molar-refractivity contribution < 1.29 is 33.4 Å². The molecule has 0 saturated carbocycles. The topological polar surface area (TPSA) is 111 Å². The Morgan fingerprint density at radius 1 is 1.00 bits per heavy atom. The third kappa shape index (κ3) is 6.45. The van der Waals surface area contributed by atoms with Gasteiger partial charge < -0.3 is 19.5 Å². The molecule has 3 amide bonds. The van der Waals surface area contributed by atoms with Gasteiger partial charge >= 0.3 is 18.2 Å². The van der Waals surface area contributed by atoms with Crippen LogP contribution in [0, 0.1) is 5.92 Å². The fourth-order valence-corrected chi connectivity index (χ4v) is 3.43. The maximum absolute atomic E-state index is 13.4. The molecule has 0 spiro atoms. The van der Waals surface area contributed by atoms with Crippen molar-refractivity contribution >= 4 is 24.1 Å². The van der Waals surface area contributed by atoms with Crippen molar-refractivity contribution in [3.63, 3.8) is 0 Å². The summed E-state index contributed by atoms with van der Waals surface area (Å²) in [6, 6.07) is 6.83. The first-order valence-electron chi connectivity index (χ1n) is 10.4. The molecular formula is C23H32N2O7. The van der Waals surface area contributed by atoms with Crippen molar-refractivity contribution in [1.29, 1.82) is 0 Å². The largest absolute Gasteiger partial charge is 0.467 e. The lowest BCUT2D eigenvalue weighted by atomic mass is 9.90. The number of carbonyl (C=O) groups is 4. The standard InChI is InChI=1S/C23H32N2O7/c1-22(2,3)31-20(28)24-17(14-11-9-8-10-12-14)15-13-16(19(27)30-7)25(18(15)26)21(29)32-23(4,5)6/h8-12,15-17H,13H2,1-7H3,(H,24,28)/t15-,16+,17+/m1/s1. The highest BCUT2D eigenvalue weighted by Crippen LogP contribution is 2.36. The summed E-state index contributed by atoms with van der Waals surface area (Å²) in [5, 5.41) is 2.73. The fourth-order valence-electron chi connectivity index (χ4n) is 3.43. The molecule has 0 aliphatic carbocycles. The molecule has 1 N–H and O–H groups in total. The number of hydrogen-bond donors (Lipinski definition) is 1. The molecule has 32 heavy (non-hydrogen) atoms. The molecule has 0 unspecified atom stereocenters. The summed E-state index contributed by atoms with van der Waals surface area (Å²) in [4.78, 5) is 51.9. The van der Waals surface area contributed by atoms with E-state index in [4.69, 9.17) is 14.2 Å². The van der Waals surface area contributed by atoms with Crippen LogP contribution >= 0.6 is 0 Å². The lowest BCUT2D eigenvalue weighted by molar-refractivity contribution is -0.148. The summed E-state index contributed by atoms with van der Waals surface area (Å²) < 4.78 is 15.5. The minimum absolute atomic E-state index is 0.0416. The van der Waals surface area contributed by atoms with Gasteiger partial charge in [0.1, 0.15) is 17.2 Å². The first-order valence-corrected chi connectivity index (χ1v) is 10.4. The number of rotatable bonds is 4. The van der Waals surface area contributed by atoms with Gasteiger partial charge in [0.25, 0.3) is 0 Å². The van der Waals surface area contributed by atoms with Crippen LogP contribution in [0.4, 0.5) is 9.59 Å². The molecule has 9 nitrogen and oxygen atoms in total. The van der Waals surface area contributed by atoms with Gasteiger partial charge in [-0.1, -0.05) is 30.3 Å². The molecule has 1 aromatic rings. The number of esters is 1. The van der Waals surface area contributed by atoms with Crippen LogP contribution in [-0.2, 0) is 23.8 Å². The lowest BCUT2D eigenvalue weighted by Gasteiger charge is -2.27. The third-order valence-electron chi connectivity index (χ3n) is 4.64. The van der Waals surface area contributed by atoms with Crippen molar-refractivity contribution in [3.05, 3.63) is 35.9 Å². The molecule has 176 valence electrons. The van der Waals surface area contributed by atoms with Crippen LogP contribution in [0.3, 0.4) is 0 Å². The van der Waals surface area contributed by atoms with Crippen LogP contribution in [0.25, 0.3) is 0 Å². The van der Waals surface area contributed by atoms with E-state index in [1.165, 1.54) is 7.11 Å². The molecule has 1 aliphatic heterocycles. The van der Waals surface area contributed by atoms with Crippen molar-refractivity contribution in [2.75, 3.05) is 7.11 Å². The normalized spacial score (nSPS) is 19.8. The molecule has 9 heteroatoms. The van der Waals surface area contributed by atoms with E-state index in [-0.39, 0.29) is 6.42 Å². The Bertz CT molecular complexity index is 855. The van der Waals surface area contributed by atoms with Gasteiger partial charge in [-0.05, 0) is 53.5 Å². The van der Waals surface area contributed by atoms with Crippen LogP contribution in [0.5, 0.6) is 0 Å². The first kappa shape index (κ1) is 25.2. The van der Waals surface area contributed by atoms with Gasteiger partial charge in [0, 0.05) is 0 Å². The molecule has 1 fully saturated rings. The highest BCUT2D eigenvalue weighted by molar-refractivity contribution is 6.01. The van der Waals surface area contributed by atoms with Gasteiger partial charge in [0.15, 0.2) is 0 Å². The molecule has 0 radical (unpaired) electrons. The molecule has 3 atom stereocenters. The SMILES string of the molecule is COC(=O)[C@@H]1C[C@H]([C@@H](NC(=O)OC(C)(C)C)c2ccccc2)C(=O)N1C(=O)OC(C)(C)C. The van der Waals surface area contributed by atoms with Crippen molar-refractivity contribution in [2.45, 2.75) is 71.2 Å². The summed E-state index contributed by atoms with van der Waals surface area (Å²) in [5.74, 6) is -2.29. The third-order valence-corrected chi connectivity index (χ3v) is 4.64. The van der Waals surface area contributed by atoms with E-state index >= 15 is 0 Å². The molecule has 1 heterocycles. The molecule has 1 aliphatic rings. The monoisotopic (exact) mass is 448 g/mol. The molecule has 1 saturated heterocycles. The number of alkyl carbamates (subject to hydrolysis) is 1. The van der Waals surface area contributed by atoms with E-state index in [2.05, 4.69) is 5.32 Å². The van der Waals surface area contributed by atoms with E-state index in [1.807, 2.05) is 0 Å². The Hall–Kier alpha value is -3.10. The molecule has 2 rings (SSSR count). The van der Waals surface area contributed by atoms with Crippen LogP contribution in [0.15, 0.2) is 30.3 Å². The maximum Gasteiger partial charge on any atom is 0.417 e. The summed E-state index contributed by atoms with van der Waals surface area (Å²) in [6.45, 7) is 10.2. The van der Waals surface area contributed by atoms with Crippen molar-refractivity contribution in [1.82, 2.24) is 10.2 Å². The number of amides is 3. The van der Waals surface area contributed by atoms with E-state index in [0.717, 1.165) is 4.90 Å². The number of carbonyl (C=O) groups excluding carboxylic acids is 4. The van der Waals surface area contributed by atoms with E-state index in [9.17, 15) is 19.2 Å². The highest BCUT2D eigenvalue weighted by Gasteiger charge is 2.52. The second-order valence-corrected chi connectivity index (χ2v) is 9.60. The molecule has 1 aromatic carbocycles. The zero-order valence-corrected chi connectivity index (χ0v) is 19.6. The van der Waals surface area contributed by atoms with Crippen molar-refractivity contribution in [2.24, 2.45) is 5.92 Å². The van der Waals surface area contributed by atoms with Gasteiger partial charge in [-0.15, -0.1) is 0 Å². The second-order valence-electron chi connectivity index (χ2n) is 9.60. The van der Waals surface area contributed by atoms with E-state index in [1.54, 1.807) is 71.9 Å². The molecule has 0 aromatic heterocycles. The van der Waals surface area contributed by atoms with Crippen LogP contribution < -0.4 is 5.32 Å². The number of nitrogens with zero attached hydrogens (tertiary/aromatic N) is 1. The Morgan fingerprint density at radius 3 is 2.06 bits per heavy atom. The predicted octanol–water partition coefficient (Wildman–Crippen LogP) is 3.58. The zero-order valence-electron chi connectivity index (χ0n) is 19.6. The number of benzene rings is 1. The fraction of sp³-hybridized carbons (Fsp3) is 0.565. The molecule has 0 bridgehead atoms. The summed E-state index contributed by atoms with van der Waals surface area (Å²) in [7, 11) is 1.18. The van der Waals surface area contributed by atoms with Crippen LogP contribution in [-0.4, -0.2) is 53.3 Å². The summed E-state index contributed by atoms with van der Waals surface area (Å²) in [5.41, 5.74) is -0.988. The number of imide groups is 1. The van der Waals surface area contributed by atoms with Gasteiger partial charge in [-0.3, -0.25) is 4.79 Å². The number of likely N-dealkylation sites (tertiary alicyclic amines) is 1. The van der Waals surface area contributed by atoms with Crippen LogP contribution in [0.1, 0.15) is 59.6 Å². The first-order chi connectivity index (χ1) is 14.7. The van der Waals surface area contributed by atoms with Gasteiger partial charge in [-0.2, -0.15) is 0 Å². The van der Waals surface area contributed by atoms with Gasteiger partial charge in [0.2, 0.25) is 5.91 Å². The Morgan fingerprint density at radius 2 is 1.56 bits per heavy atom. The zero-order chi connectivity index (χ0) is 24.3.